The van der Waals surface area contributed by atoms with Gasteiger partial charge in [0.1, 0.15) is 0 Å². The van der Waals surface area contributed by atoms with E-state index < -0.39 is 0 Å². The van der Waals surface area contributed by atoms with Gasteiger partial charge in [-0.2, -0.15) is 0 Å². The Balaban J connectivity index is 2.14. The Morgan fingerprint density at radius 2 is 1.76 bits per heavy atom. The van der Waals surface area contributed by atoms with Crippen LogP contribution in [0.5, 0.6) is 0 Å². The van der Waals surface area contributed by atoms with Gasteiger partial charge in [-0.1, -0.05) is 41.6 Å². The van der Waals surface area contributed by atoms with E-state index in [4.69, 9.17) is 17.3 Å². The van der Waals surface area contributed by atoms with Crippen LogP contribution >= 0.6 is 23.4 Å². The lowest BCUT2D eigenvalue weighted by atomic mass is 10.1. The first-order chi connectivity index (χ1) is 8.15. The average molecular weight is 264 g/mol. The maximum Gasteiger partial charge on any atom is 0.0417 e. The van der Waals surface area contributed by atoms with Crippen LogP contribution in [0.1, 0.15) is 18.5 Å². The van der Waals surface area contributed by atoms with E-state index in [0.29, 0.717) is 0 Å². The molecule has 3 heteroatoms. The average Bonchev–Trinajstić information content (AvgIpc) is 2.29. The van der Waals surface area contributed by atoms with Gasteiger partial charge >= 0.3 is 0 Å². The van der Waals surface area contributed by atoms with Crippen molar-refractivity contribution in [2.75, 3.05) is 0 Å². The van der Waals surface area contributed by atoms with Gasteiger partial charge in [-0.15, -0.1) is 0 Å². The number of hydrogen-bond donors (Lipinski definition) is 1. The van der Waals surface area contributed by atoms with Crippen LogP contribution in [-0.2, 0) is 0 Å². The van der Waals surface area contributed by atoms with Gasteiger partial charge in [-0.05, 0) is 42.8 Å². The third-order valence-corrected chi connectivity index (χ3v) is 3.67. The van der Waals surface area contributed by atoms with Crippen LogP contribution in [0.25, 0.3) is 0 Å². The predicted octanol–water partition coefficient (Wildman–Crippen LogP) is 4.51. The Morgan fingerprint density at radius 1 is 1.06 bits per heavy atom. The Labute approximate surface area is 111 Å². The Bertz CT molecular complexity index is 494. The maximum absolute atomic E-state index is 5.95. The minimum atomic E-state index is 0.0835. The van der Waals surface area contributed by atoms with E-state index in [2.05, 4.69) is 30.3 Å². The highest BCUT2D eigenvalue weighted by Crippen LogP contribution is 2.29. The lowest BCUT2D eigenvalue weighted by Crippen LogP contribution is -2.04. The number of rotatable bonds is 3. The van der Waals surface area contributed by atoms with Crippen molar-refractivity contribution in [3.63, 3.8) is 0 Å². The summed E-state index contributed by atoms with van der Waals surface area (Å²) in [6, 6.07) is 16.2. The Hall–Kier alpha value is -0.960. The van der Waals surface area contributed by atoms with E-state index in [1.807, 2.05) is 25.1 Å². The molecule has 0 aliphatic heterocycles. The van der Waals surface area contributed by atoms with Crippen LogP contribution in [0.3, 0.4) is 0 Å². The lowest BCUT2D eigenvalue weighted by Gasteiger charge is -2.07. The molecule has 2 aromatic carbocycles. The highest BCUT2D eigenvalue weighted by Gasteiger charge is 2.01. The molecular formula is C14H14ClNS. The molecule has 0 saturated carbocycles. The zero-order valence-corrected chi connectivity index (χ0v) is 11.1. The third kappa shape index (κ3) is 3.50. The second kappa shape index (κ2) is 5.58. The normalized spacial score (nSPS) is 12.4. The van der Waals surface area contributed by atoms with Crippen molar-refractivity contribution in [2.45, 2.75) is 22.8 Å². The Kier molecular flexibility index (Phi) is 4.11. The number of halogens is 1. The first-order valence-corrected chi connectivity index (χ1v) is 6.63. The molecule has 2 rings (SSSR count). The first-order valence-electron chi connectivity index (χ1n) is 5.44. The molecule has 2 aromatic rings. The molecule has 0 spiro atoms. The monoisotopic (exact) mass is 263 g/mol. The molecule has 0 heterocycles. The zero-order valence-electron chi connectivity index (χ0n) is 9.56. The van der Waals surface area contributed by atoms with Crippen molar-refractivity contribution in [3.8, 4) is 0 Å². The summed E-state index contributed by atoms with van der Waals surface area (Å²) in [5, 5.41) is 0.766. The largest absolute Gasteiger partial charge is 0.324 e. The van der Waals surface area contributed by atoms with E-state index in [-0.39, 0.29) is 6.04 Å². The number of nitrogens with two attached hydrogens (primary N) is 1. The molecule has 0 amide bonds. The van der Waals surface area contributed by atoms with Crippen molar-refractivity contribution in [1.29, 1.82) is 0 Å². The van der Waals surface area contributed by atoms with Crippen molar-refractivity contribution in [1.82, 2.24) is 0 Å². The van der Waals surface area contributed by atoms with Crippen molar-refractivity contribution >= 4 is 23.4 Å². The fourth-order valence-corrected chi connectivity index (χ4v) is 2.64. The van der Waals surface area contributed by atoms with Gasteiger partial charge in [0.15, 0.2) is 0 Å². The molecule has 0 saturated heterocycles. The molecule has 0 aromatic heterocycles. The molecule has 1 unspecified atom stereocenters. The topological polar surface area (TPSA) is 26.0 Å². The summed E-state index contributed by atoms with van der Waals surface area (Å²) in [4.78, 5) is 2.34. The molecule has 1 atom stereocenters. The highest BCUT2D eigenvalue weighted by molar-refractivity contribution is 7.99. The summed E-state index contributed by atoms with van der Waals surface area (Å²) in [6.45, 7) is 1.99. The predicted molar refractivity (Wildman–Crippen MR) is 74.6 cm³/mol. The van der Waals surface area contributed by atoms with Crippen LogP contribution in [0, 0.1) is 0 Å². The van der Waals surface area contributed by atoms with E-state index in [9.17, 15) is 0 Å². The van der Waals surface area contributed by atoms with E-state index >= 15 is 0 Å². The molecule has 0 aliphatic rings. The van der Waals surface area contributed by atoms with Crippen molar-refractivity contribution < 1.29 is 0 Å². The third-order valence-electron chi connectivity index (χ3n) is 2.44. The second-order valence-electron chi connectivity index (χ2n) is 3.92. The zero-order chi connectivity index (χ0) is 12.3. The molecular weight excluding hydrogens is 250 g/mol. The SMILES string of the molecule is CC(N)c1ccc(Sc2cccc(Cl)c2)cc1. The fourth-order valence-electron chi connectivity index (χ4n) is 1.51. The quantitative estimate of drug-likeness (QED) is 0.882. The van der Waals surface area contributed by atoms with Crippen LogP contribution < -0.4 is 5.73 Å². The molecule has 2 N–H and O–H groups in total. The summed E-state index contributed by atoms with van der Waals surface area (Å²) >= 11 is 7.64. The van der Waals surface area contributed by atoms with E-state index in [0.717, 1.165) is 15.5 Å². The molecule has 0 radical (unpaired) electrons. The standard InChI is InChI=1S/C14H14ClNS/c1-10(16)11-5-7-13(8-6-11)17-14-4-2-3-12(15)9-14/h2-10H,16H2,1H3. The first kappa shape index (κ1) is 12.5. The molecule has 0 bridgehead atoms. The van der Waals surface area contributed by atoms with Crippen LogP contribution in [0.2, 0.25) is 5.02 Å². The highest BCUT2D eigenvalue weighted by atomic mass is 35.5. The fraction of sp³-hybridized carbons (Fsp3) is 0.143. The number of hydrogen-bond acceptors (Lipinski definition) is 2. The van der Waals surface area contributed by atoms with Gasteiger partial charge in [0, 0.05) is 20.9 Å². The van der Waals surface area contributed by atoms with Crippen molar-refractivity contribution in [3.05, 3.63) is 59.1 Å². The van der Waals surface area contributed by atoms with Gasteiger partial charge in [-0.25, -0.2) is 0 Å². The molecule has 0 fully saturated rings. The summed E-state index contributed by atoms with van der Waals surface area (Å²) in [5.41, 5.74) is 6.97. The van der Waals surface area contributed by atoms with Crippen LogP contribution in [-0.4, -0.2) is 0 Å². The van der Waals surface area contributed by atoms with Crippen LogP contribution in [0.15, 0.2) is 58.3 Å². The van der Waals surface area contributed by atoms with Gasteiger partial charge < -0.3 is 5.73 Å². The van der Waals surface area contributed by atoms with E-state index in [1.165, 1.54) is 4.90 Å². The maximum atomic E-state index is 5.95. The smallest absolute Gasteiger partial charge is 0.0417 e. The van der Waals surface area contributed by atoms with Gasteiger partial charge in [0.05, 0.1) is 0 Å². The van der Waals surface area contributed by atoms with Gasteiger partial charge in [0.25, 0.3) is 0 Å². The minimum absolute atomic E-state index is 0.0835. The van der Waals surface area contributed by atoms with Crippen LogP contribution in [0.4, 0.5) is 0 Å². The molecule has 88 valence electrons. The Morgan fingerprint density at radius 3 is 2.35 bits per heavy atom. The van der Waals surface area contributed by atoms with Gasteiger partial charge in [-0.3, -0.25) is 0 Å². The minimum Gasteiger partial charge on any atom is -0.324 e. The molecule has 1 nitrogen and oxygen atoms in total. The second-order valence-corrected chi connectivity index (χ2v) is 5.50. The van der Waals surface area contributed by atoms with Crippen molar-refractivity contribution in [2.24, 2.45) is 5.73 Å². The summed E-state index contributed by atoms with van der Waals surface area (Å²) in [7, 11) is 0. The molecule has 0 aliphatic carbocycles. The molecule has 17 heavy (non-hydrogen) atoms. The summed E-state index contributed by atoms with van der Waals surface area (Å²) in [6.07, 6.45) is 0. The summed E-state index contributed by atoms with van der Waals surface area (Å²) < 4.78 is 0. The van der Waals surface area contributed by atoms with Gasteiger partial charge in [0.2, 0.25) is 0 Å². The van der Waals surface area contributed by atoms with E-state index in [1.54, 1.807) is 11.8 Å². The number of benzene rings is 2. The lowest BCUT2D eigenvalue weighted by molar-refractivity contribution is 0.817. The summed E-state index contributed by atoms with van der Waals surface area (Å²) in [5.74, 6) is 0.